The average Bonchev–Trinajstić information content (AvgIpc) is 2.42. The Labute approximate surface area is 133 Å². The minimum absolute atomic E-state index is 0.302. The van der Waals surface area contributed by atoms with Gasteiger partial charge in [-0.15, -0.1) is 0 Å². The van der Waals surface area contributed by atoms with Crippen molar-refractivity contribution in [3.05, 3.63) is 57.1 Å². The van der Waals surface area contributed by atoms with Gasteiger partial charge in [-0.1, -0.05) is 41.4 Å². The number of carbonyl (C=O) groups excluding carboxylic acids is 1. The summed E-state index contributed by atoms with van der Waals surface area (Å²) in [6.07, 6.45) is 0. The molecule has 3 nitrogen and oxygen atoms in total. The van der Waals surface area contributed by atoms with E-state index in [0.717, 1.165) is 16.8 Å². The van der Waals surface area contributed by atoms with Crippen molar-refractivity contribution in [3.8, 4) is 5.75 Å². The van der Waals surface area contributed by atoms with Crippen molar-refractivity contribution in [2.24, 2.45) is 0 Å². The second-order valence-electron chi connectivity index (χ2n) is 4.69. The lowest BCUT2D eigenvalue weighted by Gasteiger charge is -2.14. The third-order valence-corrected chi connectivity index (χ3v) is 3.68. The molecule has 0 atom stereocenters. The van der Waals surface area contributed by atoms with Crippen LogP contribution in [-0.4, -0.2) is 13.0 Å². The van der Waals surface area contributed by atoms with Crippen molar-refractivity contribution >= 4 is 34.8 Å². The Morgan fingerprint density at radius 3 is 2.33 bits per heavy atom. The normalized spacial score (nSPS) is 10.3. The standard InChI is InChI=1S/C16H15Cl2NO2/c1-9-5-4-6-10(2)14(9)19-16(20)12-7-11(17)8-13(18)15(12)21-3/h4-8H,1-3H3,(H,19,20). The highest BCUT2D eigenvalue weighted by Gasteiger charge is 2.18. The smallest absolute Gasteiger partial charge is 0.259 e. The van der Waals surface area contributed by atoms with Gasteiger partial charge in [0.2, 0.25) is 0 Å². The van der Waals surface area contributed by atoms with E-state index in [9.17, 15) is 4.79 Å². The average molecular weight is 324 g/mol. The van der Waals surface area contributed by atoms with E-state index in [4.69, 9.17) is 27.9 Å². The quantitative estimate of drug-likeness (QED) is 0.874. The number of carbonyl (C=O) groups is 1. The molecule has 0 unspecified atom stereocenters. The summed E-state index contributed by atoms with van der Waals surface area (Å²) < 4.78 is 5.20. The van der Waals surface area contributed by atoms with E-state index < -0.39 is 0 Å². The molecule has 0 saturated carbocycles. The van der Waals surface area contributed by atoms with Gasteiger partial charge in [-0.25, -0.2) is 0 Å². The number of hydrogen-bond donors (Lipinski definition) is 1. The third-order valence-electron chi connectivity index (χ3n) is 3.18. The highest BCUT2D eigenvalue weighted by molar-refractivity contribution is 6.36. The molecule has 0 aliphatic carbocycles. The number of benzene rings is 2. The zero-order valence-electron chi connectivity index (χ0n) is 12.0. The number of aryl methyl sites for hydroxylation is 2. The van der Waals surface area contributed by atoms with Gasteiger partial charge in [-0.05, 0) is 37.1 Å². The maximum absolute atomic E-state index is 12.5. The fraction of sp³-hybridized carbons (Fsp3) is 0.188. The number of amides is 1. The first kappa shape index (κ1) is 15.7. The molecule has 0 aliphatic heterocycles. The maximum atomic E-state index is 12.5. The van der Waals surface area contributed by atoms with Crippen molar-refractivity contribution in [1.82, 2.24) is 0 Å². The van der Waals surface area contributed by atoms with Crippen molar-refractivity contribution < 1.29 is 9.53 Å². The molecule has 0 saturated heterocycles. The summed E-state index contributed by atoms with van der Waals surface area (Å²) in [5, 5.41) is 3.57. The largest absolute Gasteiger partial charge is 0.494 e. The van der Waals surface area contributed by atoms with Crippen LogP contribution in [0.2, 0.25) is 10.0 Å². The minimum Gasteiger partial charge on any atom is -0.494 e. The van der Waals surface area contributed by atoms with E-state index in [2.05, 4.69) is 5.32 Å². The van der Waals surface area contributed by atoms with Crippen molar-refractivity contribution in [2.75, 3.05) is 12.4 Å². The molecule has 0 bridgehead atoms. The molecule has 5 heteroatoms. The molecule has 21 heavy (non-hydrogen) atoms. The third kappa shape index (κ3) is 3.31. The summed E-state index contributed by atoms with van der Waals surface area (Å²) in [6, 6.07) is 8.89. The maximum Gasteiger partial charge on any atom is 0.259 e. The van der Waals surface area contributed by atoms with Crippen LogP contribution in [0.5, 0.6) is 5.75 Å². The fourth-order valence-electron chi connectivity index (χ4n) is 2.13. The molecule has 0 aliphatic rings. The molecule has 1 amide bonds. The molecular weight excluding hydrogens is 309 g/mol. The SMILES string of the molecule is COc1c(Cl)cc(Cl)cc1C(=O)Nc1c(C)cccc1C. The summed E-state index contributed by atoms with van der Waals surface area (Å²) >= 11 is 12.0. The van der Waals surface area contributed by atoms with Gasteiger partial charge in [0, 0.05) is 10.7 Å². The van der Waals surface area contributed by atoms with Gasteiger partial charge in [0.05, 0.1) is 17.7 Å². The van der Waals surface area contributed by atoms with Crippen LogP contribution in [-0.2, 0) is 0 Å². The molecule has 1 N–H and O–H groups in total. The van der Waals surface area contributed by atoms with E-state index in [0.29, 0.717) is 21.4 Å². The number of anilines is 1. The van der Waals surface area contributed by atoms with Crippen LogP contribution < -0.4 is 10.1 Å². The first-order valence-corrected chi connectivity index (χ1v) is 7.10. The topological polar surface area (TPSA) is 38.3 Å². The lowest BCUT2D eigenvalue weighted by Crippen LogP contribution is -2.15. The van der Waals surface area contributed by atoms with Gasteiger partial charge in [0.25, 0.3) is 5.91 Å². The second-order valence-corrected chi connectivity index (χ2v) is 5.53. The van der Waals surface area contributed by atoms with Gasteiger partial charge in [-0.3, -0.25) is 4.79 Å². The van der Waals surface area contributed by atoms with Crippen molar-refractivity contribution in [2.45, 2.75) is 13.8 Å². The van der Waals surface area contributed by atoms with Crippen LogP contribution in [0.4, 0.5) is 5.69 Å². The Balaban J connectivity index is 2.42. The molecule has 0 radical (unpaired) electrons. The van der Waals surface area contributed by atoms with Crippen LogP contribution in [0.15, 0.2) is 30.3 Å². The Bertz CT molecular complexity index is 679. The van der Waals surface area contributed by atoms with Crippen LogP contribution in [0.1, 0.15) is 21.5 Å². The van der Waals surface area contributed by atoms with E-state index in [1.54, 1.807) is 0 Å². The number of ether oxygens (including phenoxy) is 1. The van der Waals surface area contributed by atoms with Gasteiger partial charge in [0.15, 0.2) is 0 Å². The van der Waals surface area contributed by atoms with Crippen LogP contribution in [0.3, 0.4) is 0 Å². The first-order valence-electron chi connectivity index (χ1n) is 6.34. The molecule has 0 fully saturated rings. The van der Waals surface area contributed by atoms with Gasteiger partial charge < -0.3 is 10.1 Å². The molecule has 2 aromatic carbocycles. The van der Waals surface area contributed by atoms with E-state index in [1.165, 1.54) is 19.2 Å². The predicted molar refractivity (Wildman–Crippen MR) is 86.9 cm³/mol. The molecular formula is C16H15Cl2NO2. The number of rotatable bonds is 3. The molecule has 0 aromatic heterocycles. The highest BCUT2D eigenvalue weighted by Crippen LogP contribution is 2.33. The number of methoxy groups -OCH3 is 1. The summed E-state index contributed by atoms with van der Waals surface area (Å²) in [6.45, 7) is 3.87. The van der Waals surface area contributed by atoms with Crippen molar-refractivity contribution in [1.29, 1.82) is 0 Å². The highest BCUT2D eigenvalue weighted by atomic mass is 35.5. The van der Waals surface area contributed by atoms with Gasteiger partial charge >= 0.3 is 0 Å². The molecule has 0 heterocycles. The molecule has 2 rings (SSSR count). The Morgan fingerprint density at radius 1 is 1.14 bits per heavy atom. The lowest BCUT2D eigenvalue weighted by atomic mass is 10.1. The Hall–Kier alpha value is -1.71. The molecule has 110 valence electrons. The summed E-state index contributed by atoms with van der Waals surface area (Å²) in [5.41, 5.74) is 3.05. The van der Waals surface area contributed by atoms with Gasteiger partial charge in [0.1, 0.15) is 5.75 Å². The molecule has 0 spiro atoms. The number of hydrogen-bond acceptors (Lipinski definition) is 2. The van der Waals surface area contributed by atoms with Crippen molar-refractivity contribution in [3.63, 3.8) is 0 Å². The first-order chi connectivity index (χ1) is 9.93. The zero-order chi connectivity index (χ0) is 15.6. The number of halogens is 2. The van der Waals surface area contributed by atoms with E-state index in [1.807, 2.05) is 32.0 Å². The number of para-hydroxylation sites is 1. The predicted octanol–water partition coefficient (Wildman–Crippen LogP) is 4.87. The van der Waals surface area contributed by atoms with Crippen LogP contribution in [0, 0.1) is 13.8 Å². The van der Waals surface area contributed by atoms with Crippen LogP contribution in [0.25, 0.3) is 0 Å². The Morgan fingerprint density at radius 2 is 1.76 bits per heavy atom. The Kier molecular flexibility index (Phi) is 4.76. The monoisotopic (exact) mass is 323 g/mol. The number of nitrogens with one attached hydrogen (secondary N) is 1. The van der Waals surface area contributed by atoms with Gasteiger partial charge in [-0.2, -0.15) is 0 Å². The summed E-state index contributed by atoms with van der Waals surface area (Å²) in [5.74, 6) is -0.00143. The summed E-state index contributed by atoms with van der Waals surface area (Å²) in [7, 11) is 1.46. The zero-order valence-corrected chi connectivity index (χ0v) is 13.5. The minimum atomic E-state index is -0.311. The second kappa shape index (κ2) is 6.37. The molecule has 2 aromatic rings. The van der Waals surface area contributed by atoms with E-state index >= 15 is 0 Å². The summed E-state index contributed by atoms with van der Waals surface area (Å²) in [4.78, 5) is 12.5. The van der Waals surface area contributed by atoms with E-state index in [-0.39, 0.29) is 5.91 Å². The fourth-order valence-corrected chi connectivity index (χ4v) is 2.70. The van der Waals surface area contributed by atoms with Crippen LogP contribution >= 0.6 is 23.2 Å². The lowest BCUT2D eigenvalue weighted by molar-refractivity contribution is 0.102.